The van der Waals surface area contributed by atoms with Crippen LogP contribution in [0.1, 0.15) is 48.1 Å². The zero-order valence-electron chi connectivity index (χ0n) is 16.9. The summed E-state index contributed by atoms with van der Waals surface area (Å²) in [7, 11) is 1.70. The highest BCUT2D eigenvalue weighted by Gasteiger charge is 2.31. The van der Waals surface area contributed by atoms with E-state index >= 15 is 0 Å². The summed E-state index contributed by atoms with van der Waals surface area (Å²) in [6.07, 6.45) is 0.135. The molecule has 1 aromatic heterocycles. The Labute approximate surface area is 164 Å². The molecule has 0 bridgehead atoms. The lowest BCUT2D eigenvalue weighted by atomic mass is 10.0. The molecular weight excluding hydrogens is 360 g/mol. The molecule has 150 valence electrons. The molecule has 0 aliphatic carbocycles. The summed E-state index contributed by atoms with van der Waals surface area (Å²) in [6, 6.07) is 4.99. The van der Waals surface area contributed by atoms with E-state index in [9.17, 15) is 14.7 Å². The highest BCUT2D eigenvalue weighted by Crippen LogP contribution is 2.27. The molecule has 2 heterocycles. The number of rotatable bonds is 2. The zero-order chi connectivity index (χ0) is 20.6. The molecule has 2 aromatic rings. The quantitative estimate of drug-likeness (QED) is 0.774. The number of amides is 2. The molecule has 0 unspecified atom stereocenters. The fourth-order valence-electron chi connectivity index (χ4n) is 3.20. The average molecular weight is 386 g/mol. The van der Waals surface area contributed by atoms with Crippen molar-refractivity contribution in [2.45, 2.75) is 46.3 Å². The molecule has 2 N–H and O–H groups in total. The summed E-state index contributed by atoms with van der Waals surface area (Å²) in [5.41, 5.74) is 2.51. The number of hydrogen-bond acceptors (Lipinski definition) is 5. The summed E-state index contributed by atoms with van der Waals surface area (Å²) in [4.78, 5) is 26.9. The first kappa shape index (κ1) is 19.7. The molecule has 0 saturated carbocycles. The Morgan fingerprint density at radius 1 is 1.29 bits per heavy atom. The molecule has 0 spiro atoms. The fourth-order valence-corrected chi connectivity index (χ4v) is 3.20. The highest BCUT2D eigenvalue weighted by molar-refractivity contribution is 6.05. The Kier molecular flexibility index (Phi) is 5.06. The summed E-state index contributed by atoms with van der Waals surface area (Å²) in [6.45, 7) is 8.06. The number of phenolic OH excluding ortho intramolecular Hbond substituents is 1. The van der Waals surface area contributed by atoms with Crippen LogP contribution >= 0.6 is 0 Å². The third-order valence-corrected chi connectivity index (χ3v) is 4.46. The van der Waals surface area contributed by atoms with Crippen LogP contribution in [0.3, 0.4) is 0 Å². The number of anilines is 1. The van der Waals surface area contributed by atoms with Crippen LogP contribution in [0.4, 0.5) is 10.5 Å². The van der Waals surface area contributed by atoms with E-state index in [1.165, 1.54) is 10.7 Å². The molecule has 1 aliphatic rings. The molecule has 0 radical (unpaired) electrons. The van der Waals surface area contributed by atoms with Gasteiger partial charge in [-0.1, -0.05) is 6.07 Å². The van der Waals surface area contributed by atoms with Crippen LogP contribution in [0, 0.1) is 6.92 Å². The Balaban J connectivity index is 1.85. The van der Waals surface area contributed by atoms with Gasteiger partial charge in [0, 0.05) is 25.6 Å². The molecule has 8 nitrogen and oxygen atoms in total. The van der Waals surface area contributed by atoms with Gasteiger partial charge in [-0.25, -0.2) is 4.79 Å². The second-order valence-corrected chi connectivity index (χ2v) is 8.02. The van der Waals surface area contributed by atoms with Crippen molar-refractivity contribution in [1.29, 1.82) is 0 Å². The second kappa shape index (κ2) is 7.18. The molecule has 0 fully saturated rings. The lowest BCUT2D eigenvalue weighted by Crippen LogP contribution is -2.40. The first-order valence-electron chi connectivity index (χ1n) is 9.19. The average Bonchev–Trinajstić information content (AvgIpc) is 2.91. The van der Waals surface area contributed by atoms with Crippen LogP contribution < -0.4 is 5.32 Å². The van der Waals surface area contributed by atoms with Crippen molar-refractivity contribution >= 4 is 17.7 Å². The number of carbonyl (C=O) groups is 2. The fraction of sp³-hybridized carbons (Fsp3) is 0.450. The maximum absolute atomic E-state index is 12.9. The van der Waals surface area contributed by atoms with Gasteiger partial charge >= 0.3 is 6.09 Å². The maximum Gasteiger partial charge on any atom is 0.410 e. The number of aromatic hydroxyl groups is 1. The van der Waals surface area contributed by atoms with E-state index in [2.05, 4.69) is 10.4 Å². The molecule has 8 heteroatoms. The topological polar surface area (TPSA) is 96.7 Å². The molecule has 3 rings (SSSR count). The van der Waals surface area contributed by atoms with E-state index in [-0.39, 0.29) is 18.2 Å². The van der Waals surface area contributed by atoms with Crippen molar-refractivity contribution < 1.29 is 19.4 Å². The molecule has 1 aliphatic heterocycles. The van der Waals surface area contributed by atoms with Crippen LogP contribution in [-0.2, 0) is 24.8 Å². The van der Waals surface area contributed by atoms with Gasteiger partial charge in [-0.05, 0) is 45.4 Å². The van der Waals surface area contributed by atoms with Gasteiger partial charge in [0.05, 0.1) is 17.9 Å². The number of aryl methyl sites for hydroxylation is 2. The first-order chi connectivity index (χ1) is 13.0. The van der Waals surface area contributed by atoms with Crippen molar-refractivity contribution in [3.05, 3.63) is 40.7 Å². The molecule has 2 amide bonds. The number of nitrogens with zero attached hydrogens (tertiary/aromatic N) is 3. The number of hydrogen-bond donors (Lipinski definition) is 2. The number of benzene rings is 1. The summed E-state index contributed by atoms with van der Waals surface area (Å²) < 4.78 is 6.97. The Morgan fingerprint density at radius 3 is 2.68 bits per heavy atom. The van der Waals surface area contributed by atoms with Gasteiger partial charge in [-0.2, -0.15) is 5.10 Å². The van der Waals surface area contributed by atoms with Crippen LogP contribution in [0.15, 0.2) is 18.2 Å². The Hall–Kier alpha value is -3.03. The van der Waals surface area contributed by atoms with Crippen molar-refractivity contribution in [3.8, 4) is 5.75 Å². The minimum atomic E-state index is -0.588. The second-order valence-electron chi connectivity index (χ2n) is 8.02. The Bertz CT molecular complexity index is 927. The normalized spacial score (nSPS) is 13.8. The van der Waals surface area contributed by atoms with E-state index in [0.717, 1.165) is 11.3 Å². The molecular formula is C20H26N4O4. The monoisotopic (exact) mass is 386 g/mol. The molecule has 0 atom stereocenters. The zero-order valence-corrected chi connectivity index (χ0v) is 16.9. The first-order valence-corrected chi connectivity index (χ1v) is 9.19. The highest BCUT2D eigenvalue weighted by atomic mass is 16.6. The van der Waals surface area contributed by atoms with E-state index < -0.39 is 11.7 Å². The van der Waals surface area contributed by atoms with Gasteiger partial charge < -0.3 is 20.1 Å². The summed E-state index contributed by atoms with van der Waals surface area (Å²) in [5.74, 6) is -0.395. The maximum atomic E-state index is 12.9. The standard InChI is InChI=1S/C20H26N4O4/c1-12-6-7-16(25)15(10-12)21-18(26)17-13-11-24(19(27)28-20(2,3)4)9-8-14(13)22-23(17)5/h6-7,10,25H,8-9,11H2,1-5H3,(H,21,26). The summed E-state index contributed by atoms with van der Waals surface area (Å²) >= 11 is 0. The molecule has 0 saturated heterocycles. The SMILES string of the molecule is Cc1ccc(O)c(NC(=O)c2c3c(nn2C)CCN(C(=O)OC(C)(C)C)C3)c1. The summed E-state index contributed by atoms with van der Waals surface area (Å²) in [5, 5.41) is 17.2. The van der Waals surface area contributed by atoms with Crippen molar-refractivity contribution in [2.24, 2.45) is 7.05 Å². The predicted molar refractivity (Wildman–Crippen MR) is 104 cm³/mol. The lowest BCUT2D eigenvalue weighted by Gasteiger charge is -2.29. The minimum Gasteiger partial charge on any atom is -0.506 e. The number of ether oxygens (including phenoxy) is 1. The van der Waals surface area contributed by atoms with Gasteiger partial charge in [0.25, 0.3) is 5.91 Å². The smallest absolute Gasteiger partial charge is 0.410 e. The number of phenols is 1. The van der Waals surface area contributed by atoms with Crippen molar-refractivity contribution in [3.63, 3.8) is 0 Å². The van der Waals surface area contributed by atoms with Crippen molar-refractivity contribution in [2.75, 3.05) is 11.9 Å². The van der Waals surface area contributed by atoms with Gasteiger partial charge in [0.1, 0.15) is 17.0 Å². The largest absolute Gasteiger partial charge is 0.506 e. The van der Waals surface area contributed by atoms with E-state index in [1.54, 1.807) is 24.1 Å². The minimum absolute atomic E-state index is 0.00892. The Morgan fingerprint density at radius 2 is 2.00 bits per heavy atom. The molecule has 28 heavy (non-hydrogen) atoms. The van der Waals surface area contributed by atoms with Crippen LogP contribution in [0.2, 0.25) is 0 Å². The number of fused-ring (bicyclic) bond motifs is 1. The van der Waals surface area contributed by atoms with E-state index in [1.807, 2.05) is 27.7 Å². The third kappa shape index (κ3) is 4.11. The van der Waals surface area contributed by atoms with Gasteiger partial charge in [0.15, 0.2) is 0 Å². The number of carbonyl (C=O) groups excluding carboxylic acids is 2. The lowest BCUT2D eigenvalue weighted by molar-refractivity contribution is 0.0222. The van der Waals surface area contributed by atoms with E-state index in [0.29, 0.717) is 29.9 Å². The third-order valence-electron chi connectivity index (χ3n) is 4.46. The van der Waals surface area contributed by atoms with E-state index in [4.69, 9.17) is 4.74 Å². The predicted octanol–water partition coefficient (Wildman–Crippen LogP) is 2.98. The molecule has 1 aromatic carbocycles. The number of aromatic nitrogens is 2. The van der Waals surface area contributed by atoms with Gasteiger partial charge in [0.2, 0.25) is 0 Å². The van der Waals surface area contributed by atoms with Crippen LogP contribution in [0.25, 0.3) is 0 Å². The van der Waals surface area contributed by atoms with Crippen molar-refractivity contribution in [1.82, 2.24) is 14.7 Å². The van der Waals surface area contributed by atoms with Gasteiger partial charge in [-0.15, -0.1) is 0 Å². The van der Waals surface area contributed by atoms with Crippen LogP contribution in [0.5, 0.6) is 5.75 Å². The van der Waals surface area contributed by atoms with Gasteiger partial charge in [-0.3, -0.25) is 9.48 Å². The van der Waals surface area contributed by atoms with Crippen LogP contribution in [-0.4, -0.2) is 43.9 Å². The number of nitrogens with one attached hydrogen (secondary N) is 1.